The lowest BCUT2D eigenvalue weighted by Crippen LogP contribution is -2.62. The first-order valence-electron chi connectivity index (χ1n) is 5.17. The summed E-state index contributed by atoms with van der Waals surface area (Å²) >= 11 is 0. The largest absolute Gasteiger partial charge is 0.329 e. The van der Waals surface area contributed by atoms with Crippen LogP contribution < -0.4 is 5.73 Å². The van der Waals surface area contributed by atoms with Crippen molar-refractivity contribution in [3.63, 3.8) is 0 Å². The van der Waals surface area contributed by atoms with E-state index in [9.17, 15) is 0 Å². The Balaban J connectivity index is 2.63. The minimum atomic E-state index is 0.303. The first-order valence-corrected chi connectivity index (χ1v) is 5.17. The highest BCUT2D eigenvalue weighted by molar-refractivity contribution is 4.96. The molecule has 1 fully saturated rings. The third-order valence-electron chi connectivity index (χ3n) is 3.63. The molecular formula is C10H22N2. The van der Waals surface area contributed by atoms with Crippen LogP contribution >= 0.6 is 0 Å². The Kier molecular flexibility index (Phi) is 3.13. The van der Waals surface area contributed by atoms with Crippen LogP contribution in [-0.2, 0) is 0 Å². The molecule has 0 aliphatic carbocycles. The second-order valence-electron chi connectivity index (χ2n) is 3.97. The van der Waals surface area contributed by atoms with Crippen LogP contribution in [-0.4, -0.2) is 29.6 Å². The Morgan fingerprint density at radius 1 is 1.42 bits per heavy atom. The van der Waals surface area contributed by atoms with Gasteiger partial charge < -0.3 is 5.73 Å². The standard InChI is InChI=1S/C10H22N2/c1-4-10(5-2,8-11)12-7-6-9(12)3/h9H,4-8,11H2,1-3H3. The maximum absolute atomic E-state index is 5.86. The lowest BCUT2D eigenvalue weighted by molar-refractivity contribution is -0.0202. The molecule has 1 atom stereocenters. The topological polar surface area (TPSA) is 29.3 Å². The molecule has 1 aliphatic heterocycles. The molecule has 1 saturated heterocycles. The van der Waals surface area contributed by atoms with Crippen molar-refractivity contribution in [3.05, 3.63) is 0 Å². The first-order chi connectivity index (χ1) is 5.70. The van der Waals surface area contributed by atoms with E-state index in [1.54, 1.807) is 0 Å². The molecule has 2 nitrogen and oxygen atoms in total. The average Bonchev–Trinajstić information content (AvgIpc) is 2.11. The van der Waals surface area contributed by atoms with E-state index >= 15 is 0 Å². The van der Waals surface area contributed by atoms with Crippen molar-refractivity contribution >= 4 is 0 Å². The van der Waals surface area contributed by atoms with Crippen LogP contribution in [0.3, 0.4) is 0 Å². The highest BCUT2D eigenvalue weighted by Gasteiger charge is 2.39. The normalized spacial score (nSPS) is 25.5. The monoisotopic (exact) mass is 170 g/mol. The Morgan fingerprint density at radius 3 is 2.08 bits per heavy atom. The fourth-order valence-corrected chi connectivity index (χ4v) is 2.28. The van der Waals surface area contributed by atoms with Crippen molar-refractivity contribution in [1.82, 2.24) is 4.90 Å². The van der Waals surface area contributed by atoms with Crippen molar-refractivity contribution in [2.45, 2.75) is 51.6 Å². The minimum Gasteiger partial charge on any atom is -0.329 e. The van der Waals surface area contributed by atoms with Gasteiger partial charge in [0.05, 0.1) is 0 Å². The van der Waals surface area contributed by atoms with E-state index in [-0.39, 0.29) is 0 Å². The van der Waals surface area contributed by atoms with Gasteiger partial charge in [0.15, 0.2) is 0 Å². The van der Waals surface area contributed by atoms with Crippen LogP contribution in [0.5, 0.6) is 0 Å². The Hall–Kier alpha value is -0.0800. The summed E-state index contributed by atoms with van der Waals surface area (Å²) in [6, 6.07) is 0.758. The van der Waals surface area contributed by atoms with Gasteiger partial charge in [-0.1, -0.05) is 13.8 Å². The van der Waals surface area contributed by atoms with E-state index in [0.717, 1.165) is 12.6 Å². The molecule has 0 aromatic heterocycles. The van der Waals surface area contributed by atoms with Gasteiger partial charge in [-0.25, -0.2) is 0 Å². The van der Waals surface area contributed by atoms with Crippen LogP contribution in [0.1, 0.15) is 40.0 Å². The molecule has 1 heterocycles. The molecule has 12 heavy (non-hydrogen) atoms. The van der Waals surface area contributed by atoms with Gasteiger partial charge in [-0.05, 0) is 26.2 Å². The number of likely N-dealkylation sites (tertiary alicyclic amines) is 1. The maximum Gasteiger partial charge on any atom is 0.0329 e. The molecule has 0 amide bonds. The second kappa shape index (κ2) is 3.75. The summed E-state index contributed by atoms with van der Waals surface area (Å²) in [5, 5.41) is 0. The molecule has 1 aliphatic rings. The second-order valence-corrected chi connectivity index (χ2v) is 3.97. The van der Waals surface area contributed by atoms with Gasteiger partial charge in [-0.2, -0.15) is 0 Å². The zero-order valence-corrected chi connectivity index (χ0v) is 8.64. The smallest absolute Gasteiger partial charge is 0.0329 e. The molecule has 0 bridgehead atoms. The van der Waals surface area contributed by atoms with E-state index in [1.807, 2.05) is 0 Å². The fourth-order valence-electron chi connectivity index (χ4n) is 2.28. The van der Waals surface area contributed by atoms with Crippen molar-refractivity contribution in [2.24, 2.45) is 5.73 Å². The van der Waals surface area contributed by atoms with E-state index in [2.05, 4.69) is 25.7 Å². The van der Waals surface area contributed by atoms with Crippen LogP contribution in [0.4, 0.5) is 0 Å². The van der Waals surface area contributed by atoms with Crippen LogP contribution in [0.25, 0.3) is 0 Å². The summed E-state index contributed by atoms with van der Waals surface area (Å²) in [5.74, 6) is 0. The fraction of sp³-hybridized carbons (Fsp3) is 1.00. The van der Waals surface area contributed by atoms with Gasteiger partial charge >= 0.3 is 0 Å². The predicted octanol–water partition coefficient (Wildman–Crippen LogP) is 1.60. The van der Waals surface area contributed by atoms with Gasteiger partial charge in [0.2, 0.25) is 0 Å². The summed E-state index contributed by atoms with van der Waals surface area (Å²) in [7, 11) is 0. The van der Waals surface area contributed by atoms with E-state index in [1.165, 1.54) is 25.8 Å². The molecule has 0 radical (unpaired) electrons. The molecule has 0 aromatic rings. The molecular weight excluding hydrogens is 148 g/mol. The minimum absolute atomic E-state index is 0.303. The van der Waals surface area contributed by atoms with Crippen molar-refractivity contribution < 1.29 is 0 Å². The van der Waals surface area contributed by atoms with Crippen molar-refractivity contribution in [2.75, 3.05) is 13.1 Å². The highest BCUT2D eigenvalue weighted by atomic mass is 15.3. The molecule has 0 spiro atoms. The number of hydrogen-bond acceptors (Lipinski definition) is 2. The number of hydrogen-bond donors (Lipinski definition) is 1. The molecule has 1 rings (SSSR count). The molecule has 2 N–H and O–H groups in total. The van der Waals surface area contributed by atoms with E-state index in [0.29, 0.717) is 5.54 Å². The zero-order chi connectivity index (χ0) is 9.19. The Labute approximate surface area is 76.1 Å². The van der Waals surface area contributed by atoms with E-state index < -0.39 is 0 Å². The summed E-state index contributed by atoms with van der Waals surface area (Å²) in [5.41, 5.74) is 6.16. The lowest BCUT2D eigenvalue weighted by atomic mass is 9.85. The average molecular weight is 170 g/mol. The summed E-state index contributed by atoms with van der Waals surface area (Å²) in [6.45, 7) is 8.87. The molecule has 2 heteroatoms. The SMILES string of the molecule is CCC(CC)(CN)N1CCC1C. The third-order valence-corrected chi connectivity index (χ3v) is 3.63. The van der Waals surface area contributed by atoms with Gasteiger partial charge in [-0.3, -0.25) is 4.90 Å². The quantitative estimate of drug-likeness (QED) is 0.694. The lowest BCUT2D eigenvalue weighted by Gasteiger charge is -2.52. The maximum atomic E-state index is 5.86. The van der Waals surface area contributed by atoms with E-state index in [4.69, 9.17) is 5.73 Å². The van der Waals surface area contributed by atoms with Gasteiger partial charge in [0.1, 0.15) is 0 Å². The predicted molar refractivity (Wildman–Crippen MR) is 53.2 cm³/mol. The van der Waals surface area contributed by atoms with Gasteiger partial charge in [0.25, 0.3) is 0 Å². The molecule has 0 saturated carbocycles. The first kappa shape index (κ1) is 10.0. The zero-order valence-electron chi connectivity index (χ0n) is 8.64. The Bertz CT molecular complexity index is 133. The molecule has 0 aromatic carbocycles. The number of nitrogens with zero attached hydrogens (tertiary/aromatic N) is 1. The summed E-state index contributed by atoms with van der Waals surface area (Å²) in [6.07, 6.45) is 3.72. The number of rotatable bonds is 4. The summed E-state index contributed by atoms with van der Waals surface area (Å²) < 4.78 is 0. The van der Waals surface area contributed by atoms with Gasteiger partial charge in [-0.15, -0.1) is 0 Å². The third kappa shape index (κ3) is 1.38. The molecule has 72 valence electrons. The van der Waals surface area contributed by atoms with Crippen molar-refractivity contribution in [1.29, 1.82) is 0 Å². The number of nitrogens with two attached hydrogens (primary N) is 1. The van der Waals surface area contributed by atoms with Crippen LogP contribution in [0.2, 0.25) is 0 Å². The summed E-state index contributed by atoms with van der Waals surface area (Å²) in [4.78, 5) is 2.58. The highest BCUT2D eigenvalue weighted by Crippen LogP contribution is 2.31. The van der Waals surface area contributed by atoms with Crippen LogP contribution in [0, 0.1) is 0 Å². The van der Waals surface area contributed by atoms with Crippen LogP contribution in [0.15, 0.2) is 0 Å². The van der Waals surface area contributed by atoms with Crippen molar-refractivity contribution in [3.8, 4) is 0 Å². The molecule has 1 unspecified atom stereocenters. The Morgan fingerprint density at radius 2 is 2.00 bits per heavy atom. The van der Waals surface area contributed by atoms with Gasteiger partial charge in [0, 0.05) is 24.7 Å².